The summed E-state index contributed by atoms with van der Waals surface area (Å²) in [7, 11) is -6.58. The summed E-state index contributed by atoms with van der Waals surface area (Å²) < 4.78 is 65.5. The van der Waals surface area contributed by atoms with Gasteiger partial charge in [0.05, 0.1) is 25.9 Å². The van der Waals surface area contributed by atoms with Crippen LogP contribution in [-0.4, -0.2) is 132 Å². The summed E-state index contributed by atoms with van der Waals surface area (Å²) in [5.74, 6) is 0. The fraction of sp³-hybridized carbons (Fsp3) is 0.972. The summed E-state index contributed by atoms with van der Waals surface area (Å²) in [5, 5.41) is 0.590. The van der Waals surface area contributed by atoms with Crippen molar-refractivity contribution in [2.24, 2.45) is 0 Å². The van der Waals surface area contributed by atoms with E-state index in [-0.39, 0.29) is 12.7 Å². The first-order valence-corrected chi connectivity index (χ1v) is 30.6. The van der Waals surface area contributed by atoms with Crippen LogP contribution in [0.1, 0.15) is 66.2 Å². The number of hydrogen-bond acceptors (Lipinski definition) is 11. The second-order valence-corrected chi connectivity index (χ2v) is 30.4. The first kappa shape index (κ1) is 49.4. The molecular formula is C36H75BrO11Si3. The molecule has 15 heteroatoms. The number of alkyl halides is 1. The van der Waals surface area contributed by atoms with Crippen LogP contribution in [0.25, 0.3) is 0 Å². The average molecular weight is 848 g/mol. The maximum absolute atomic E-state index is 12.8. The van der Waals surface area contributed by atoms with E-state index in [9.17, 15) is 4.79 Å². The Morgan fingerprint density at radius 2 is 1.16 bits per heavy atom. The van der Waals surface area contributed by atoms with Gasteiger partial charge in [-0.2, -0.15) is 0 Å². The topological polar surface area (TPSA) is 109 Å². The summed E-state index contributed by atoms with van der Waals surface area (Å²) in [6.45, 7) is 30.1. The van der Waals surface area contributed by atoms with E-state index >= 15 is 0 Å². The fourth-order valence-corrected chi connectivity index (χ4v) is 8.71. The summed E-state index contributed by atoms with van der Waals surface area (Å²) in [6.07, 6.45) is 0.464. The van der Waals surface area contributed by atoms with Gasteiger partial charge in [0.1, 0.15) is 36.6 Å². The predicted octanol–water partition coefficient (Wildman–Crippen LogP) is 7.92. The third kappa shape index (κ3) is 21.3. The van der Waals surface area contributed by atoms with Gasteiger partial charge in [0.25, 0.3) is 0 Å². The van der Waals surface area contributed by atoms with E-state index in [1.54, 1.807) is 0 Å². The van der Waals surface area contributed by atoms with Gasteiger partial charge >= 0.3 is 0 Å². The predicted molar refractivity (Wildman–Crippen MR) is 214 cm³/mol. The van der Waals surface area contributed by atoms with Crippen molar-refractivity contribution >= 4 is 47.2 Å². The summed E-state index contributed by atoms with van der Waals surface area (Å²) in [6, 6.07) is 0. The molecule has 304 valence electrons. The van der Waals surface area contributed by atoms with Crippen LogP contribution in [0.4, 0.5) is 0 Å². The first-order chi connectivity index (χ1) is 23.9. The highest BCUT2D eigenvalue weighted by Crippen LogP contribution is 2.34. The molecule has 1 aliphatic rings. The minimum Gasteiger partial charge on any atom is -0.409 e. The lowest BCUT2D eigenvalue weighted by Gasteiger charge is -2.50. The summed E-state index contributed by atoms with van der Waals surface area (Å²) in [4.78, 5) is 12.8. The number of rotatable bonds is 30. The maximum atomic E-state index is 12.8. The standard InChI is InChI=1S/C36H75BrO11Si3/c1-14-17-21-39-26-30(28(4)41-23-19-16-3)44-35(42-24-20-37)31(27-40-22-18-15-2)45-36-34(48-51(11,12)13)33(47-50(8,9)10)32(29(25-38)43-36)46-49(5,6)7/h25,28-36H,14-24,26-27H2,1-13H3/t28-,29?,30?,31+,32+,33?,34+,35-,36+/m0/s1. The lowest BCUT2D eigenvalue weighted by molar-refractivity contribution is -0.327. The zero-order chi connectivity index (χ0) is 38.7. The van der Waals surface area contributed by atoms with E-state index in [1.807, 2.05) is 6.92 Å². The molecule has 1 saturated heterocycles. The third-order valence-electron chi connectivity index (χ3n) is 7.67. The van der Waals surface area contributed by atoms with E-state index in [2.05, 4.69) is 95.6 Å². The monoisotopic (exact) mass is 846 g/mol. The molecule has 0 bridgehead atoms. The van der Waals surface area contributed by atoms with Gasteiger partial charge in [-0.05, 0) is 85.1 Å². The van der Waals surface area contributed by atoms with Crippen LogP contribution in [0.3, 0.4) is 0 Å². The molecule has 51 heavy (non-hydrogen) atoms. The van der Waals surface area contributed by atoms with Crippen LogP contribution in [-0.2, 0) is 51.2 Å². The van der Waals surface area contributed by atoms with Crippen molar-refractivity contribution in [1.82, 2.24) is 0 Å². The minimum absolute atomic E-state index is 0.168. The van der Waals surface area contributed by atoms with Crippen molar-refractivity contribution in [2.75, 3.05) is 45.0 Å². The highest BCUT2D eigenvalue weighted by atomic mass is 79.9. The van der Waals surface area contributed by atoms with E-state index in [0.717, 1.165) is 44.8 Å². The normalized spacial score (nSPS) is 24.3. The van der Waals surface area contributed by atoms with Crippen LogP contribution in [0, 0.1) is 0 Å². The molecule has 1 aliphatic heterocycles. The van der Waals surface area contributed by atoms with Crippen molar-refractivity contribution in [3.63, 3.8) is 0 Å². The van der Waals surface area contributed by atoms with Gasteiger partial charge in [-0.3, -0.25) is 0 Å². The Balaban J connectivity index is 3.68. The molecule has 1 fully saturated rings. The van der Waals surface area contributed by atoms with Crippen LogP contribution >= 0.6 is 15.9 Å². The van der Waals surface area contributed by atoms with Crippen molar-refractivity contribution in [3.05, 3.63) is 0 Å². The zero-order valence-corrected chi connectivity index (χ0v) is 38.9. The number of unbranched alkanes of at least 4 members (excludes halogenated alkanes) is 3. The van der Waals surface area contributed by atoms with E-state index in [1.165, 1.54) is 0 Å². The largest absolute Gasteiger partial charge is 0.409 e. The Bertz CT molecular complexity index is 903. The Labute approximate surface area is 322 Å². The smallest absolute Gasteiger partial charge is 0.186 e. The Hall–Kier alpha value is 0.401. The molecule has 1 heterocycles. The van der Waals surface area contributed by atoms with Crippen LogP contribution < -0.4 is 0 Å². The van der Waals surface area contributed by atoms with Gasteiger partial charge < -0.3 is 51.2 Å². The van der Waals surface area contributed by atoms with E-state index in [4.69, 9.17) is 46.4 Å². The van der Waals surface area contributed by atoms with Gasteiger partial charge in [-0.1, -0.05) is 56.0 Å². The molecule has 11 nitrogen and oxygen atoms in total. The molecule has 0 N–H and O–H groups in total. The van der Waals surface area contributed by atoms with Crippen LogP contribution in [0.15, 0.2) is 0 Å². The molecule has 0 amide bonds. The number of carbonyl (C=O) groups is 1. The van der Waals surface area contributed by atoms with Gasteiger partial charge in [0.15, 0.2) is 43.8 Å². The van der Waals surface area contributed by atoms with Crippen molar-refractivity contribution in [2.45, 2.75) is 180 Å². The van der Waals surface area contributed by atoms with Crippen molar-refractivity contribution < 1.29 is 51.2 Å². The second kappa shape index (κ2) is 25.5. The SMILES string of the molecule is CCCCOCC(O[C@H](OCCBr)[C@@H](COCCCC)O[C@H]1OC(C=O)[C@@H](O[Si](C)(C)C)C(O[Si](C)(C)C)[C@H]1O[Si](C)(C)C)[C@H](C)OCCCC. The van der Waals surface area contributed by atoms with Gasteiger partial charge in [0, 0.05) is 25.2 Å². The number of carbonyl (C=O) groups excluding carboxylic acids is 1. The lowest BCUT2D eigenvalue weighted by atomic mass is 9.99. The first-order valence-electron chi connectivity index (χ1n) is 19.3. The average Bonchev–Trinajstić information content (AvgIpc) is 3.02. The minimum atomic E-state index is -2.23. The number of halogens is 1. The quantitative estimate of drug-likeness (QED) is 0.0231. The number of hydrogen-bond donors (Lipinski definition) is 0. The van der Waals surface area contributed by atoms with E-state index in [0.29, 0.717) is 38.4 Å². The summed E-state index contributed by atoms with van der Waals surface area (Å²) >= 11 is 3.52. The van der Waals surface area contributed by atoms with Gasteiger partial charge in [0.2, 0.25) is 0 Å². The molecular weight excluding hydrogens is 773 g/mol. The molecule has 0 aromatic heterocycles. The summed E-state index contributed by atoms with van der Waals surface area (Å²) in [5.41, 5.74) is 0. The molecule has 0 spiro atoms. The molecule has 0 saturated carbocycles. The molecule has 0 aromatic carbocycles. The Kier molecular flexibility index (Phi) is 24.7. The second-order valence-electron chi connectivity index (χ2n) is 16.3. The highest BCUT2D eigenvalue weighted by Gasteiger charge is 2.53. The van der Waals surface area contributed by atoms with Crippen LogP contribution in [0.2, 0.25) is 58.9 Å². The fourth-order valence-electron chi connectivity index (χ4n) is 5.29. The van der Waals surface area contributed by atoms with E-state index < -0.39 is 74.2 Å². The third-order valence-corrected chi connectivity index (χ3v) is 10.9. The highest BCUT2D eigenvalue weighted by molar-refractivity contribution is 9.09. The van der Waals surface area contributed by atoms with Gasteiger partial charge in [-0.25, -0.2) is 0 Å². The number of ether oxygens (including phenoxy) is 7. The Morgan fingerprint density at radius 3 is 1.65 bits per heavy atom. The molecule has 0 radical (unpaired) electrons. The Morgan fingerprint density at radius 1 is 0.667 bits per heavy atom. The lowest BCUT2D eigenvalue weighted by Crippen LogP contribution is -2.66. The number of aldehydes is 1. The molecule has 0 aliphatic carbocycles. The van der Waals surface area contributed by atoms with Crippen molar-refractivity contribution in [3.8, 4) is 0 Å². The molecule has 3 unspecified atom stereocenters. The molecule has 0 aromatic rings. The van der Waals surface area contributed by atoms with Gasteiger partial charge in [-0.15, -0.1) is 0 Å². The maximum Gasteiger partial charge on any atom is 0.186 e. The van der Waals surface area contributed by atoms with Crippen LogP contribution in [0.5, 0.6) is 0 Å². The molecule has 9 atom stereocenters. The molecule has 1 rings (SSSR count). The zero-order valence-electron chi connectivity index (χ0n) is 34.3. The van der Waals surface area contributed by atoms with Crippen molar-refractivity contribution in [1.29, 1.82) is 0 Å².